The number of fused-ring (bicyclic) bond motifs is 4. The molecule has 4 amide bonds. The molecule has 0 saturated carbocycles. The highest BCUT2D eigenvalue weighted by atomic mass is 35.5. The summed E-state index contributed by atoms with van der Waals surface area (Å²) < 4.78 is 12.7. The van der Waals surface area contributed by atoms with E-state index in [4.69, 9.17) is 59.5 Å². The van der Waals surface area contributed by atoms with Crippen molar-refractivity contribution < 1.29 is 23.9 Å². The van der Waals surface area contributed by atoms with E-state index in [9.17, 15) is 19.2 Å². The average Bonchev–Trinajstić information content (AvgIpc) is 1.68. The van der Waals surface area contributed by atoms with Crippen LogP contribution in [-0.4, -0.2) is 144 Å². The van der Waals surface area contributed by atoms with Gasteiger partial charge in [-0.3, -0.25) is 67.3 Å². The summed E-state index contributed by atoms with van der Waals surface area (Å²) in [6.45, 7) is 22.8. The van der Waals surface area contributed by atoms with E-state index in [1.54, 1.807) is 118 Å². The van der Waals surface area contributed by atoms with Crippen molar-refractivity contribution in [3.05, 3.63) is 294 Å². The summed E-state index contributed by atoms with van der Waals surface area (Å²) >= 11 is 18.7. The summed E-state index contributed by atoms with van der Waals surface area (Å²) in [4.78, 5) is 108. The van der Waals surface area contributed by atoms with Crippen molar-refractivity contribution in [3.8, 4) is 47.0 Å². The monoisotopic (exact) mass is 1640 g/mol. The quantitative estimate of drug-likeness (QED) is 0.0458. The van der Waals surface area contributed by atoms with Gasteiger partial charge in [0.25, 0.3) is 11.8 Å². The number of benzene rings is 6. The number of nitrogens with zero attached hydrogens (tertiary/aromatic N) is 18. The highest BCUT2D eigenvalue weighted by molar-refractivity contribution is 6.33. The van der Waals surface area contributed by atoms with Crippen LogP contribution in [0.3, 0.4) is 0 Å². The number of hydrogen-bond donors (Lipinski definition) is 4. The molecule has 1 aliphatic rings. The van der Waals surface area contributed by atoms with Gasteiger partial charge in [0.05, 0.1) is 111 Å². The Morgan fingerprint density at radius 1 is 0.487 bits per heavy atom. The third-order valence-corrected chi connectivity index (χ3v) is 19.4. The predicted octanol–water partition coefficient (Wildman–Crippen LogP) is 15.1. The van der Waals surface area contributed by atoms with Crippen LogP contribution in [0.15, 0.2) is 228 Å². The number of carbonyl (C=O) groups excluding carboxylic acids is 4. The second-order valence-corrected chi connectivity index (χ2v) is 29.7. The molecule has 0 bridgehead atoms. The Morgan fingerprint density at radius 2 is 0.924 bits per heavy atom. The number of morpholine rings is 1. The van der Waals surface area contributed by atoms with E-state index in [1.165, 1.54) is 12.2 Å². The molecule has 4 N–H and O–H groups in total. The first-order valence-electron chi connectivity index (χ1n) is 37.5. The summed E-state index contributed by atoms with van der Waals surface area (Å²) in [5.74, 6) is 12.0. The number of aryl methyl sites for hydroxylation is 2. The Kier molecular flexibility index (Phi) is 26.9. The van der Waals surface area contributed by atoms with Crippen LogP contribution in [0.2, 0.25) is 15.1 Å². The van der Waals surface area contributed by atoms with Crippen LogP contribution in [0, 0.1) is 42.9 Å². The van der Waals surface area contributed by atoms with Gasteiger partial charge in [-0.15, -0.1) is 0 Å². The van der Waals surface area contributed by atoms with Crippen LogP contribution in [0.25, 0.3) is 67.4 Å². The van der Waals surface area contributed by atoms with Crippen molar-refractivity contribution in [2.24, 2.45) is 5.41 Å². The fraction of sp³-hybridized carbons (Fsp3) is 0.180. The van der Waals surface area contributed by atoms with Gasteiger partial charge in [-0.1, -0.05) is 98.8 Å². The Bertz CT molecular complexity index is 6420. The van der Waals surface area contributed by atoms with E-state index >= 15 is 0 Å². The number of amides is 4. The molecule has 1 aliphatic heterocycles. The number of ether oxygens (including phenoxy) is 1. The molecule has 1 saturated heterocycles. The number of carbonyl (C=O) groups is 4. The fourth-order valence-electron chi connectivity index (χ4n) is 12.6. The van der Waals surface area contributed by atoms with Gasteiger partial charge in [0.1, 0.15) is 25.3 Å². The first-order valence-corrected chi connectivity index (χ1v) is 38.7. The topological polar surface area (TPSA) is 316 Å². The summed E-state index contributed by atoms with van der Waals surface area (Å²) in [5.41, 5.74) is 17.5. The maximum absolute atomic E-state index is 12.3. The minimum atomic E-state index is -0.361. The van der Waals surface area contributed by atoms with Crippen molar-refractivity contribution in [1.29, 1.82) is 0 Å². The molecule has 0 aliphatic carbocycles. The fourth-order valence-corrected chi connectivity index (χ4v) is 13.3. The molecule has 119 heavy (non-hydrogen) atoms. The van der Waals surface area contributed by atoms with Crippen LogP contribution in [-0.2, 0) is 49.6 Å². The number of halogens is 3. The zero-order valence-corrected chi connectivity index (χ0v) is 68.0. The highest BCUT2D eigenvalue weighted by Gasteiger charge is 2.19. The van der Waals surface area contributed by atoms with Gasteiger partial charge < -0.3 is 26.0 Å². The normalized spacial score (nSPS) is 11.8. The number of hydrogen-bond acceptors (Lipinski definition) is 19. The molecule has 15 aromatic rings. The first kappa shape index (κ1) is 82.9. The maximum Gasteiger partial charge on any atom is 0.300 e. The van der Waals surface area contributed by atoms with Crippen LogP contribution in [0.4, 0.5) is 22.7 Å². The van der Waals surface area contributed by atoms with Crippen LogP contribution in [0.5, 0.6) is 0 Å². The van der Waals surface area contributed by atoms with Gasteiger partial charge in [0.2, 0.25) is 11.8 Å². The lowest BCUT2D eigenvalue weighted by Gasteiger charge is -2.24. The largest absolute Gasteiger partial charge is 0.379 e. The summed E-state index contributed by atoms with van der Waals surface area (Å²) in [7, 11) is 0. The number of nitrogens with one attached hydrogen (secondary N) is 4. The summed E-state index contributed by atoms with van der Waals surface area (Å²) in [5, 5.41) is 13.1. The predicted molar refractivity (Wildman–Crippen MR) is 463 cm³/mol. The van der Waals surface area contributed by atoms with E-state index in [0.717, 1.165) is 114 Å². The molecule has 10 heterocycles. The average molecular weight is 1640 g/mol. The van der Waals surface area contributed by atoms with Crippen molar-refractivity contribution in [2.75, 3.05) is 54.1 Å². The lowest BCUT2D eigenvalue weighted by molar-refractivity contribution is -0.112. The number of anilines is 4. The molecule has 0 spiro atoms. The van der Waals surface area contributed by atoms with Gasteiger partial charge >= 0.3 is 0 Å². The van der Waals surface area contributed by atoms with Gasteiger partial charge in [-0.25, -0.2) is 39.9 Å². The van der Waals surface area contributed by atoms with Crippen molar-refractivity contribution >= 4 is 125 Å². The molecule has 30 heteroatoms. The minimum Gasteiger partial charge on any atom is -0.379 e. The molecule has 9 aromatic heterocycles. The van der Waals surface area contributed by atoms with Crippen LogP contribution >= 0.6 is 34.8 Å². The molecule has 16 rings (SSSR count). The SMILES string of the molecule is C=CC(=O)Nc1ccc2ncn(-c3cncc(Cc4cc(Cl)ccc4Cl)n3)c2c1.C=CC(=O)Nc1ccc2ncn(-c3cncc(Cc4ncccc4C)n3)c2c1.CC#CC(=O)Nc1ccc2ncn(-c3cncc(Cc4c(C)cccc4Cl)n3)c2c1.CC(C)(C)Cc1cncc(-n2cnc3ccc(NC(=O)C#CCN4CCOCC4)cc32)n1. The second-order valence-electron chi connectivity index (χ2n) is 28.4. The Morgan fingerprint density at radius 3 is 1.38 bits per heavy atom. The molecule has 0 unspecified atom stereocenters. The number of pyridine rings is 1. The summed E-state index contributed by atoms with van der Waals surface area (Å²) in [6, 6.07) is 37.1. The molecule has 0 atom stereocenters. The van der Waals surface area contributed by atoms with E-state index in [2.05, 4.69) is 129 Å². The van der Waals surface area contributed by atoms with Crippen molar-refractivity contribution in [2.45, 2.75) is 67.2 Å². The van der Waals surface area contributed by atoms with E-state index in [1.807, 2.05) is 123 Å². The number of rotatable bonds is 18. The molecule has 6 aromatic carbocycles. The standard InChI is InChI=1S/C24H28N6O2.C23H18ClN5O.C21H15Cl2N5O.C21H18N6O/c1-24(2,3)14-19-15-25-16-22(27-19)30-17-26-20-7-6-18(13-21(20)30)28-23(31)5-4-8-29-9-11-32-12-10-29;1-3-5-23(30)28-16-8-9-20-21(11-16)29(14-26-20)22-13-25-12-17(27-22)10-18-15(2)6-4-7-19(18)24;1-2-21(29)27-15-4-6-18-19(9-15)28(12-25-18)20-11-24-10-16(26-20)8-13-7-14(22)3-5-17(13)23;1-3-21(28)26-15-6-7-17-19(10-15)27(13-24-17)20-12-22-11-16(25-20)9-18-14(2)5-4-8-23-18/h6-7,13,15-17H,8-12,14H2,1-3H3,(H,28,31);4,6-9,11-14H,10H2,1-2H3,(H,28,30);2-7,9-12H,1,8H2,(H,27,29);3-8,10-13H,1,9H2,2H3,(H,26,28). The third kappa shape index (κ3) is 21.9. The highest BCUT2D eigenvalue weighted by Crippen LogP contribution is 2.30. The maximum atomic E-state index is 12.3. The molecular formula is C89H79Cl3N22O5. The molecule has 1 fully saturated rings. The Hall–Kier alpha value is -14.1. The van der Waals surface area contributed by atoms with Gasteiger partial charge in [-0.2, -0.15) is 0 Å². The van der Waals surface area contributed by atoms with Gasteiger partial charge in [0.15, 0.2) is 23.3 Å². The van der Waals surface area contributed by atoms with Crippen molar-refractivity contribution in [1.82, 2.24) is 88.0 Å². The van der Waals surface area contributed by atoms with E-state index in [0.29, 0.717) is 100 Å². The number of imidazole rings is 4. The van der Waals surface area contributed by atoms with Crippen LogP contribution < -0.4 is 21.3 Å². The minimum absolute atomic E-state index is 0.116. The van der Waals surface area contributed by atoms with Crippen molar-refractivity contribution in [3.63, 3.8) is 0 Å². The molecule has 0 radical (unpaired) electrons. The first-order chi connectivity index (χ1) is 57.6. The number of aromatic nitrogens is 17. The zero-order valence-electron chi connectivity index (χ0n) is 65.7. The lowest BCUT2D eigenvalue weighted by atomic mass is 9.91. The molecule has 27 nitrogen and oxygen atoms in total. The lowest BCUT2D eigenvalue weighted by Crippen LogP contribution is -2.36. The Labute approximate surface area is 700 Å². The second kappa shape index (κ2) is 38.6. The van der Waals surface area contributed by atoms with Crippen LogP contribution in [0.1, 0.15) is 78.4 Å². The van der Waals surface area contributed by atoms with E-state index in [-0.39, 0.29) is 29.0 Å². The summed E-state index contributed by atoms with van der Waals surface area (Å²) in [6.07, 6.45) is 27.2. The molecular weight excluding hydrogens is 1560 g/mol. The zero-order chi connectivity index (χ0) is 83.5. The van der Waals surface area contributed by atoms with E-state index < -0.39 is 0 Å². The van der Waals surface area contributed by atoms with Gasteiger partial charge in [0, 0.05) is 107 Å². The third-order valence-electron chi connectivity index (χ3n) is 18.4. The smallest absolute Gasteiger partial charge is 0.300 e. The van der Waals surface area contributed by atoms with Gasteiger partial charge in [-0.05, 0) is 182 Å². The Balaban J connectivity index is 0.000000137. The molecule has 596 valence electrons.